The van der Waals surface area contributed by atoms with Gasteiger partial charge in [-0.1, -0.05) is 62.4 Å². The van der Waals surface area contributed by atoms with Crippen molar-refractivity contribution in [3.8, 4) is 0 Å². The Bertz CT molecular complexity index is 587. The quantitative estimate of drug-likeness (QED) is 0.724. The summed E-state index contributed by atoms with van der Waals surface area (Å²) in [5.74, 6) is 0.964. The Labute approximate surface area is 114 Å². The van der Waals surface area contributed by atoms with Crippen LogP contribution in [0, 0.1) is 17.8 Å². The zero-order valence-electron chi connectivity index (χ0n) is 11.3. The highest BCUT2D eigenvalue weighted by atomic mass is 16.1. The van der Waals surface area contributed by atoms with E-state index in [2.05, 4.69) is 44.2 Å². The lowest BCUT2D eigenvalue weighted by Crippen LogP contribution is -2.20. The second-order valence-electron chi connectivity index (χ2n) is 5.62. The van der Waals surface area contributed by atoms with E-state index >= 15 is 0 Å². The number of benzene rings is 1. The summed E-state index contributed by atoms with van der Waals surface area (Å²) in [5.41, 5.74) is 3.56. The Morgan fingerprint density at radius 2 is 1.74 bits per heavy atom. The molecule has 0 aromatic heterocycles. The van der Waals surface area contributed by atoms with Crippen LogP contribution in [0.3, 0.4) is 0 Å². The maximum absolute atomic E-state index is 12.3. The molecule has 0 saturated heterocycles. The molecule has 96 valence electrons. The van der Waals surface area contributed by atoms with Crippen molar-refractivity contribution < 1.29 is 4.79 Å². The van der Waals surface area contributed by atoms with Crippen LogP contribution in [-0.2, 0) is 4.79 Å². The predicted octanol–water partition coefficient (Wildman–Crippen LogP) is 4.04. The van der Waals surface area contributed by atoms with Crippen LogP contribution in [0.25, 0.3) is 5.57 Å². The summed E-state index contributed by atoms with van der Waals surface area (Å²) in [6.07, 6.45) is 8.34. The van der Waals surface area contributed by atoms with Gasteiger partial charge < -0.3 is 0 Å². The van der Waals surface area contributed by atoms with Gasteiger partial charge in [0.15, 0.2) is 5.78 Å². The molecule has 2 atom stereocenters. The normalized spacial score (nSPS) is 27.2. The molecule has 0 radical (unpaired) electrons. The first-order valence-corrected chi connectivity index (χ1v) is 6.87. The Balaban J connectivity index is 2.08. The van der Waals surface area contributed by atoms with Crippen molar-refractivity contribution in [1.82, 2.24) is 0 Å². The van der Waals surface area contributed by atoms with Gasteiger partial charge in [0.05, 0.1) is 5.92 Å². The first-order chi connectivity index (χ1) is 9.16. The lowest BCUT2D eigenvalue weighted by atomic mass is 9.78. The van der Waals surface area contributed by atoms with Crippen LogP contribution < -0.4 is 0 Å². The van der Waals surface area contributed by atoms with Crippen LogP contribution in [-0.4, -0.2) is 5.78 Å². The average molecular weight is 250 g/mol. The molecule has 0 N–H and O–H groups in total. The first kappa shape index (κ1) is 12.2. The van der Waals surface area contributed by atoms with Crippen LogP contribution in [0.1, 0.15) is 19.4 Å². The van der Waals surface area contributed by atoms with E-state index in [9.17, 15) is 4.79 Å². The second-order valence-corrected chi connectivity index (χ2v) is 5.62. The smallest absolute Gasteiger partial charge is 0.166 e. The molecule has 19 heavy (non-hydrogen) atoms. The highest BCUT2D eigenvalue weighted by Crippen LogP contribution is 2.44. The molecule has 0 aliphatic heterocycles. The predicted molar refractivity (Wildman–Crippen MR) is 78.5 cm³/mol. The molecule has 3 rings (SSSR count). The van der Waals surface area contributed by atoms with Crippen LogP contribution in [0.15, 0.2) is 60.2 Å². The number of allylic oxidation sites excluding steroid dienone is 6. The van der Waals surface area contributed by atoms with Crippen LogP contribution in [0.2, 0.25) is 0 Å². The van der Waals surface area contributed by atoms with Gasteiger partial charge in [-0.2, -0.15) is 0 Å². The monoisotopic (exact) mass is 250 g/mol. The number of carbonyl (C=O) groups excluding carboxylic acids is 1. The van der Waals surface area contributed by atoms with Crippen molar-refractivity contribution in [2.45, 2.75) is 13.8 Å². The minimum atomic E-state index is -0.0140. The summed E-state index contributed by atoms with van der Waals surface area (Å²) >= 11 is 0. The van der Waals surface area contributed by atoms with Crippen LogP contribution in [0.4, 0.5) is 0 Å². The van der Waals surface area contributed by atoms with Gasteiger partial charge in [0.2, 0.25) is 0 Å². The van der Waals surface area contributed by atoms with E-state index in [-0.39, 0.29) is 17.6 Å². The van der Waals surface area contributed by atoms with Crippen molar-refractivity contribution in [2.75, 3.05) is 0 Å². The second kappa shape index (κ2) is 4.65. The number of hydrogen-bond donors (Lipinski definition) is 0. The maximum atomic E-state index is 12.3. The molecule has 0 spiro atoms. The fraction of sp³-hybridized carbons (Fsp3) is 0.278. The van der Waals surface area contributed by atoms with E-state index in [1.807, 2.05) is 24.3 Å². The number of ketones is 1. The lowest BCUT2D eigenvalue weighted by molar-refractivity contribution is -0.116. The topological polar surface area (TPSA) is 17.1 Å². The van der Waals surface area contributed by atoms with Crippen LogP contribution >= 0.6 is 0 Å². The van der Waals surface area contributed by atoms with Gasteiger partial charge in [0.25, 0.3) is 0 Å². The Morgan fingerprint density at radius 3 is 2.42 bits per heavy atom. The highest BCUT2D eigenvalue weighted by molar-refractivity contribution is 6.06. The first-order valence-electron chi connectivity index (χ1n) is 6.87. The summed E-state index contributed by atoms with van der Waals surface area (Å²) in [6, 6.07) is 10.2. The molecule has 2 bridgehead atoms. The summed E-state index contributed by atoms with van der Waals surface area (Å²) in [5, 5.41) is 0. The van der Waals surface area contributed by atoms with E-state index < -0.39 is 0 Å². The third-order valence-electron chi connectivity index (χ3n) is 3.79. The van der Waals surface area contributed by atoms with Gasteiger partial charge in [0.1, 0.15) is 0 Å². The van der Waals surface area contributed by atoms with E-state index in [1.54, 1.807) is 0 Å². The van der Waals surface area contributed by atoms with Gasteiger partial charge in [-0.15, -0.1) is 0 Å². The van der Waals surface area contributed by atoms with Crippen LogP contribution in [0.5, 0.6) is 0 Å². The third-order valence-corrected chi connectivity index (χ3v) is 3.79. The lowest BCUT2D eigenvalue weighted by Gasteiger charge is -2.25. The Hall–Kier alpha value is -1.89. The highest BCUT2D eigenvalue weighted by Gasteiger charge is 2.36. The third kappa shape index (κ3) is 2.10. The zero-order chi connectivity index (χ0) is 13.4. The fourth-order valence-corrected chi connectivity index (χ4v) is 3.00. The molecule has 2 unspecified atom stereocenters. The summed E-state index contributed by atoms with van der Waals surface area (Å²) < 4.78 is 0. The minimum absolute atomic E-state index is 0.0140. The molecular formula is C18H18O. The zero-order valence-corrected chi connectivity index (χ0v) is 11.3. The molecule has 0 amide bonds. The number of rotatable bonds is 2. The van der Waals surface area contributed by atoms with Crippen molar-refractivity contribution in [3.05, 3.63) is 65.8 Å². The van der Waals surface area contributed by atoms with Gasteiger partial charge in [-0.05, 0) is 28.7 Å². The Morgan fingerprint density at radius 1 is 1.05 bits per heavy atom. The summed E-state index contributed by atoms with van der Waals surface area (Å²) in [6.45, 7) is 4.33. The fourth-order valence-electron chi connectivity index (χ4n) is 3.00. The van der Waals surface area contributed by atoms with E-state index in [1.165, 1.54) is 5.57 Å². The van der Waals surface area contributed by atoms with Crippen molar-refractivity contribution in [1.29, 1.82) is 0 Å². The summed E-state index contributed by atoms with van der Waals surface area (Å²) in [7, 11) is 0. The van der Waals surface area contributed by atoms with Crippen molar-refractivity contribution in [3.63, 3.8) is 0 Å². The molecule has 1 heteroatoms. The molecule has 2 aliphatic carbocycles. The molecule has 1 aromatic rings. The Kier molecular flexibility index (Phi) is 2.98. The van der Waals surface area contributed by atoms with Gasteiger partial charge >= 0.3 is 0 Å². The van der Waals surface area contributed by atoms with Gasteiger partial charge in [0, 0.05) is 5.92 Å². The van der Waals surface area contributed by atoms with E-state index in [4.69, 9.17) is 0 Å². The minimum Gasteiger partial charge on any atom is -0.294 e. The maximum Gasteiger partial charge on any atom is 0.166 e. The van der Waals surface area contributed by atoms with Gasteiger partial charge in [-0.3, -0.25) is 4.79 Å². The number of carbonyl (C=O) groups is 1. The summed E-state index contributed by atoms with van der Waals surface area (Å²) in [4.78, 5) is 12.3. The van der Waals surface area contributed by atoms with Crippen molar-refractivity contribution in [2.24, 2.45) is 17.8 Å². The molecule has 0 heterocycles. The molecule has 1 nitrogen and oxygen atoms in total. The molecule has 1 aromatic carbocycles. The number of fused-ring (bicyclic) bond motifs is 2. The van der Waals surface area contributed by atoms with E-state index in [0.717, 1.165) is 11.1 Å². The van der Waals surface area contributed by atoms with Crippen molar-refractivity contribution >= 4 is 11.4 Å². The standard InChI is InChI=1S/C18H18O/c1-12(2)10-17-14-8-9-15(17)18(19)11-16(14)13-6-4-3-5-7-13/h3-12,14-15H,1-2H3. The average Bonchev–Trinajstić information content (AvgIpc) is 2.70. The molecule has 0 fully saturated rings. The molecule has 0 saturated carbocycles. The number of hydrogen-bond acceptors (Lipinski definition) is 1. The SMILES string of the molecule is CC(C)C=C1C2C=CC1C(c1ccccc1)=CC2=O. The van der Waals surface area contributed by atoms with Gasteiger partial charge in [-0.25, -0.2) is 0 Å². The largest absolute Gasteiger partial charge is 0.294 e. The molecule has 2 aliphatic rings. The van der Waals surface area contributed by atoms with E-state index in [0.29, 0.717) is 5.92 Å². The molecular weight excluding hydrogens is 232 g/mol.